The molecule has 1 atom stereocenters. The molecular weight excluding hydrogens is 350 g/mol. The van der Waals surface area contributed by atoms with E-state index >= 15 is 0 Å². The topological polar surface area (TPSA) is 38.8 Å². The largest absolute Gasteiger partial charge is 0.456 e. The Labute approximate surface area is 164 Å². The third-order valence-electron chi connectivity index (χ3n) is 5.72. The van der Waals surface area contributed by atoms with Crippen LogP contribution in [0.1, 0.15) is 40.9 Å². The number of rotatable bonds is 3. The Balaban J connectivity index is 1.91. The lowest BCUT2D eigenvalue weighted by molar-refractivity contribution is 0.0226. The van der Waals surface area contributed by atoms with Crippen LogP contribution in [0, 0.1) is 0 Å². The van der Waals surface area contributed by atoms with Gasteiger partial charge in [0.05, 0.1) is 11.1 Å². The molecule has 2 aliphatic rings. The van der Waals surface area contributed by atoms with Gasteiger partial charge in [0, 0.05) is 29.9 Å². The van der Waals surface area contributed by atoms with Crippen molar-refractivity contribution in [1.29, 1.82) is 0 Å². The highest BCUT2D eigenvalue weighted by Gasteiger charge is 2.54. The van der Waals surface area contributed by atoms with Gasteiger partial charge in [-0.25, -0.2) is 4.79 Å². The van der Waals surface area contributed by atoms with Crippen molar-refractivity contribution in [1.82, 2.24) is 0 Å². The van der Waals surface area contributed by atoms with Crippen molar-refractivity contribution in [3.8, 4) is 11.5 Å². The molecule has 2 aliphatic heterocycles. The quantitative estimate of drug-likeness (QED) is 0.601. The first kappa shape index (κ1) is 16.9. The number of nitrogens with zero attached hydrogens (tertiary/aromatic N) is 1. The molecule has 3 aromatic carbocycles. The van der Waals surface area contributed by atoms with Crippen molar-refractivity contribution < 1.29 is 14.3 Å². The smallest absolute Gasteiger partial charge is 0.340 e. The van der Waals surface area contributed by atoms with Gasteiger partial charge in [0.15, 0.2) is 5.60 Å². The lowest BCUT2D eigenvalue weighted by Gasteiger charge is -2.39. The van der Waals surface area contributed by atoms with Crippen LogP contribution in [0.15, 0.2) is 66.7 Å². The predicted octanol–water partition coefficient (Wildman–Crippen LogP) is 5.10. The molecule has 3 aromatic rings. The molecular formula is C24H21NO3. The standard InChI is InChI=1S/C24H21NO3/c1-3-25(4-2)19-13-9-15-21-22(19)24(18-12-7-8-14-20(18)27-21)17-11-6-5-10-16(17)23(26)28-24/h5-15H,3-4H2,1-2H3. The Bertz CT molecular complexity index is 1090. The van der Waals surface area contributed by atoms with Gasteiger partial charge in [-0.3, -0.25) is 0 Å². The number of esters is 1. The van der Waals surface area contributed by atoms with Gasteiger partial charge in [-0.15, -0.1) is 0 Å². The minimum absolute atomic E-state index is 0.299. The molecule has 0 saturated carbocycles. The zero-order valence-corrected chi connectivity index (χ0v) is 15.9. The van der Waals surface area contributed by atoms with Crippen molar-refractivity contribution in [3.63, 3.8) is 0 Å². The minimum atomic E-state index is -1.00. The number of fused-ring (bicyclic) bond motifs is 6. The maximum absolute atomic E-state index is 12.9. The fourth-order valence-electron chi connectivity index (χ4n) is 4.49. The summed E-state index contributed by atoms with van der Waals surface area (Å²) in [7, 11) is 0. The summed E-state index contributed by atoms with van der Waals surface area (Å²) < 4.78 is 12.5. The number of para-hydroxylation sites is 1. The maximum atomic E-state index is 12.9. The van der Waals surface area contributed by atoms with Gasteiger partial charge in [0.25, 0.3) is 0 Å². The number of carbonyl (C=O) groups is 1. The van der Waals surface area contributed by atoms with Gasteiger partial charge in [-0.05, 0) is 38.1 Å². The van der Waals surface area contributed by atoms with E-state index in [1.165, 1.54) is 0 Å². The van der Waals surface area contributed by atoms with Crippen molar-refractivity contribution in [2.75, 3.05) is 18.0 Å². The Morgan fingerprint density at radius 1 is 0.821 bits per heavy atom. The van der Waals surface area contributed by atoms with Gasteiger partial charge < -0.3 is 14.4 Å². The zero-order chi connectivity index (χ0) is 19.3. The van der Waals surface area contributed by atoms with E-state index < -0.39 is 5.60 Å². The molecule has 28 heavy (non-hydrogen) atoms. The average molecular weight is 371 g/mol. The van der Waals surface area contributed by atoms with Crippen LogP contribution >= 0.6 is 0 Å². The number of carbonyl (C=O) groups excluding carboxylic acids is 1. The second-order valence-electron chi connectivity index (χ2n) is 7.04. The third kappa shape index (κ3) is 2.09. The second kappa shape index (κ2) is 6.13. The molecule has 0 saturated heterocycles. The van der Waals surface area contributed by atoms with Gasteiger partial charge >= 0.3 is 5.97 Å². The van der Waals surface area contributed by atoms with Crippen molar-refractivity contribution in [2.45, 2.75) is 19.4 Å². The highest BCUT2D eigenvalue weighted by molar-refractivity contribution is 5.97. The first-order valence-corrected chi connectivity index (χ1v) is 9.69. The van der Waals surface area contributed by atoms with Crippen molar-refractivity contribution in [2.24, 2.45) is 0 Å². The molecule has 0 radical (unpaired) electrons. The molecule has 4 heteroatoms. The summed E-state index contributed by atoms with van der Waals surface area (Å²) in [5.74, 6) is 1.15. The molecule has 140 valence electrons. The van der Waals surface area contributed by atoms with E-state index in [2.05, 4.69) is 24.8 Å². The summed E-state index contributed by atoms with van der Waals surface area (Å²) >= 11 is 0. The van der Waals surface area contributed by atoms with E-state index in [1.807, 2.05) is 60.7 Å². The van der Waals surface area contributed by atoms with Gasteiger partial charge in [0.1, 0.15) is 11.5 Å². The van der Waals surface area contributed by atoms with Crippen LogP contribution in [-0.2, 0) is 10.3 Å². The number of hydrogen-bond donors (Lipinski definition) is 0. The van der Waals surface area contributed by atoms with Gasteiger partial charge in [-0.2, -0.15) is 0 Å². The van der Waals surface area contributed by atoms with Gasteiger partial charge in [0.2, 0.25) is 0 Å². The molecule has 0 aromatic heterocycles. The molecule has 0 amide bonds. The molecule has 4 nitrogen and oxygen atoms in total. The predicted molar refractivity (Wildman–Crippen MR) is 108 cm³/mol. The van der Waals surface area contributed by atoms with Gasteiger partial charge in [-0.1, -0.05) is 42.5 Å². The number of ether oxygens (including phenoxy) is 2. The van der Waals surface area contributed by atoms with Crippen molar-refractivity contribution in [3.05, 3.63) is 89.0 Å². The highest BCUT2D eigenvalue weighted by atomic mass is 16.6. The Morgan fingerprint density at radius 2 is 1.50 bits per heavy atom. The Hall–Kier alpha value is -3.27. The normalized spacial score (nSPS) is 18.7. The van der Waals surface area contributed by atoms with E-state index in [1.54, 1.807) is 0 Å². The Kier molecular flexibility index (Phi) is 3.69. The summed E-state index contributed by atoms with van der Waals surface area (Å²) in [4.78, 5) is 15.2. The molecule has 1 unspecified atom stereocenters. The molecule has 5 rings (SSSR count). The molecule has 0 bridgehead atoms. The SMILES string of the molecule is CCN(CC)c1cccc2c1C1(OC(=O)c3ccccc31)c1ccccc1O2. The molecule has 0 aliphatic carbocycles. The number of hydrogen-bond acceptors (Lipinski definition) is 4. The molecule has 2 heterocycles. The average Bonchev–Trinajstić information content (AvgIpc) is 3.02. The lowest BCUT2D eigenvalue weighted by atomic mass is 9.77. The Morgan fingerprint density at radius 3 is 2.29 bits per heavy atom. The molecule has 0 N–H and O–H groups in total. The fraction of sp³-hybridized carbons (Fsp3) is 0.208. The lowest BCUT2D eigenvalue weighted by Crippen LogP contribution is -2.36. The van der Waals surface area contributed by atoms with Crippen LogP contribution in [0.3, 0.4) is 0 Å². The van der Waals surface area contributed by atoms with E-state index in [0.717, 1.165) is 47.0 Å². The van der Waals surface area contributed by atoms with Crippen LogP contribution in [-0.4, -0.2) is 19.1 Å². The summed E-state index contributed by atoms with van der Waals surface area (Å²) in [6.07, 6.45) is 0. The zero-order valence-electron chi connectivity index (χ0n) is 15.9. The van der Waals surface area contributed by atoms with E-state index in [9.17, 15) is 4.79 Å². The summed E-state index contributed by atoms with van der Waals surface area (Å²) in [6, 6.07) is 21.5. The molecule has 1 spiro atoms. The fourth-order valence-corrected chi connectivity index (χ4v) is 4.49. The maximum Gasteiger partial charge on any atom is 0.340 e. The third-order valence-corrected chi connectivity index (χ3v) is 5.72. The van der Waals surface area contributed by atoms with E-state index in [4.69, 9.17) is 9.47 Å². The van der Waals surface area contributed by atoms with Crippen LogP contribution in [0.2, 0.25) is 0 Å². The first-order chi connectivity index (χ1) is 13.7. The number of anilines is 1. The van der Waals surface area contributed by atoms with E-state index in [0.29, 0.717) is 5.56 Å². The highest BCUT2D eigenvalue weighted by Crippen LogP contribution is 2.58. The van der Waals surface area contributed by atoms with Crippen LogP contribution in [0.4, 0.5) is 5.69 Å². The second-order valence-corrected chi connectivity index (χ2v) is 7.04. The summed E-state index contributed by atoms with van der Waals surface area (Å²) in [6.45, 7) is 5.95. The number of benzene rings is 3. The van der Waals surface area contributed by atoms with Crippen LogP contribution < -0.4 is 9.64 Å². The monoisotopic (exact) mass is 371 g/mol. The van der Waals surface area contributed by atoms with E-state index in [-0.39, 0.29) is 5.97 Å². The summed E-state index contributed by atoms with van der Waals surface area (Å²) in [5.41, 5.74) is 3.27. The first-order valence-electron chi connectivity index (χ1n) is 9.69. The minimum Gasteiger partial charge on any atom is -0.456 e. The van der Waals surface area contributed by atoms with Crippen LogP contribution in [0.5, 0.6) is 11.5 Å². The summed E-state index contributed by atoms with van der Waals surface area (Å²) in [5, 5.41) is 0. The van der Waals surface area contributed by atoms with Crippen molar-refractivity contribution >= 4 is 11.7 Å². The van der Waals surface area contributed by atoms with Crippen LogP contribution in [0.25, 0.3) is 0 Å². The molecule has 0 fully saturated rings.